The molecule has 0 aromatic rings. The van der Waals surface area contributed by atoms with Crippen molar-refractivity contribution in [1.29, 1.82) is 0 Å². The van der Waals surface area contributed by atoms with Crippen LogP contribution < -0.4 is 0 Å². The fourth-order valence-corrected chi connectivity index (χ4v) is 10.2. The van der Waals surface area contributed by atoms with Crippen molar-refractivity contribution in [2.24, 2.45) is 17.8 Å². The Morgan fingerprint density at radius 2 is 1.46 bits per heavy atom. The molecule has 4 atom stereocenters. The zero-order valence-electron chi connectivity index (χ0n) is 20.2. The molecule has 2 fully saturated rings. The molecule has 3 aliphatic carbocycles. The van der Waals surface area contributed by atoms with Gasteiger partial charge in [0, 0.05) is 0 Å². The van der Waals surface area contributed by atoms with Gasteiger partial charge in [-0.2, -0.15) is 0 Å². The van der Waals surface area contributed by atoms with Gasteiger partial charge in [-0.05, 0) is 54.6 Å². The summed E-state index contributed by atoms with van der Waals surface area (Å²) in [4.78, 5) is 5.34. The maximum absolute atomic E-state index is 5.34. The van der Waals surface area contributed by atoms with Crippen LogP contribution in [0, 0.1) is 38.3 Å². The third kappa shape index (κ3) is 8.02. The molecule has 4 heteroatoms. The number of rotatable bonds is 2. The molecule has 0 aromatic carbocycles. The van der Waals surface area contributed by atoms with Gasteiger partial charge in [-0.25, -0.2) is 0 Å². The van der Waals surface area contributed by atoms with Gasteiger partial charge in [-0.15, -0.1) is 18.6 Å². The van der Waals surface area contributed by atoms with Crippen LogP contribution in [-0.4, -0.2) is 21.8 Å². The van der Waals surface area contributed by atoms with Gasteiger partial charge in [-0.1, -0.05) is 66.7 Å². The summed E-state index contributed by atoms with van der Waals surface area (Å²) in [6, 6.07) is 0. The molecule has 2 saturated carbocycles. The molecule has 0 bridgehead atoms. The van der Waals surface area contributed by atoms with Crippen molar-refractivity contribution in [1.82, 2.24) is 0 Å². The maximum atomic E-state index is 5.34. The summed E-state index contributed by atoms with van der Waals surface area (Å²) in [6.45, 7) is 26.1. The second-order valence-electron chi connectivity index (χ2n) is 11.3. The SMILES string of the molecule is CC1CC2C=C3CCCC3=CC2C1[Si](C)(C)[N-]C(C)(C)C.[CH2-][Si]([CH2-])(C)C.[CH3-].[Ti+4]. The Bertz CT molecular complexity index is 560. The molecule has 0 spiro atoms. The molecule has 0 aromatic heterocycles. The number of fused-ring (bicyclic) bond motifs is 2. The molecule has 0 amide bonds. The minimum absolute atomic E-state index is 0. The van der Waals surface area contributed by atoms with Crippen molar-refractivity contribution in [3.63, 3.8) is 0 Å². The largest absolute Gasteiger partial charge is 4.00 e. The molecule has 3 rings (SSSR count). The summed E-state index contributed by atoms with van der Waals surface area (Å²) in [7, 11) is -2.68. The van der Waals surface area contributed by atoms with Crippen molar-refractivity contribution >= 4 is 16.3 Å². The van der Waals surface area contributed by atoms with Gasteiger partial charge < -0.3 is 25.5 Å². The summed E-state index contributed by atoms with van der Waals surface area (Å²) in [6.07, 6.45) is 10.8. The molecule has 28 heavy (non-hydrogen) atoms. The number of hydrogen-bond donors (Lipinski definition) is 0. The van der Waals surface area contributed by atoms with E-state index in [0.29, 0.717) is 0 Å². The van der Waals surface area contributed by atoms with Crippen LogP contribution >= 0.6 is 0 Å². The van der Waals surface area contributed by atoms with E-state index in [2.05, 4.69) is 79.1 Å². The summed E-state index contributed by atoms with van der Waals surface area (Å²) in [5.74, 6) is 2.42. The van der Waals surface area contributed by atoms with E-state index >= 15 is 0 Å². The summed E-state index contributed by atoms with van der Waals surface area (Å²) in [5.41, 5.74) is 4.32. The first kappa shape index (κ1) is 28.6. The van der Waals surface area contributed by atoms with Gasteiger partial charge in [0.1, 0.15) is 0 Å². The second kappa shape index (κ2) is 10.3. The molecule has 1 nitrogen and oxygen atoms in total. The molecular weight excluding hydrogens is 406 g/mol. The minimum atomic E-state index is -1.57. The second-order valence-corrected chi connectivity index (χ2v) is 19.8. The van der Waals surface area contributed by atoms with Gasteiger partial charge >= 0.3 is 21.7 Å². The van der Waals surface area contributed by atoms with E-state index in [0.717, 1.165) is 23.3 Å². The van der Waals surface area contributed by atoms with E-state index in [1.165, 1.54) is 25.7 Å². The standard InChI is InChI=1S/C19H32NSi.C4H10Si.CH3.Ti/c1-13-10-16-11-14-8-7-9-15(14)12-17(16)18(13)21(5,6)20-19(2,3)4;1-5(2,3)4;;/h11-13,16-18H,7-10H2,1-6H3;1-2H2,3-4H3;1H3;/q-1;-2;-1;+4. The van der Waals surface area contributed by atoms with E-state index in [1.54, 1.807) is 11.1 Å². The molecule has 3 aliphatic rings. The van der Waals surface area contributed by atoms with E-state index in [4.69, 9.17) is 4.98 Å². The smallest absolute Gasteiger partial charge is 0.660 e. The van der Waals surface area contributed by atoms with Gasteiger partial charge in [0.2, 0.25) is 0 Å². The Balaban J connectivity index is 0.000000934. The van der Waals surface area contributed by atoms with Crippen molar-refractivity contribution in [2.45, 2.75) is 90.6 Å². The normalized spacial score (nSPS) is 29.2. The Morgan fingerprint density at radius 1 is 1.00 bits per heavy atom. The molecular formula is C24H45NSi2Ti. The van der Waals surface area contributed by atoms with Gasteiger partial charge in [-0.3, -0.25) is 8.07 Å². The fraction of sp³-hybridized carbons (Fsp3) is 0.708. The van der Waals surface area contributed by atoms with Gasteiger partial charge in [0.25, 0.3) is 0 Å². The number of hydrogen-bond acceptors (Lipinski definition) is 0. The predicted molar refractivity (Wildman–Crippen MR) is 130 cm³/mol. The number of nitrogens with zero attached hydrogens (tertiary/aromatic N) is 1. The molecule has 0 aliphatic heterocycles. The Hall–Kier alpha value is 0.588. The van der Waals surface area contributed by atoms with Crippen LogP contribution in [-0.2, 0) is 21.7 Å². The van der Waals surface area contributed by atoms with Crippen molar-refractivity contribution in [2.75, 3.05) is 0 Å². The van der Waals surface area contributed by atoms with Crippen molar-refractivity contribution in [3.8, 4) is 0 Å². The van der Waals surface area contributed by atoms with Crippen LogP contribution in [0.15, 0.2) is 23.3 Å². The maximum Gasteiger partial charge on any atom is 4.00 e. The van der Waals surface area contributed by atoms with Crippen LogP contribution in [0.25, 0.3) is 4.98 Å². The Labute approximate surface area is 194 Å². The van der Waals surface area contributed by atoms with Crippen LogP contribution in [0.2, 0.25) is 31.7 Å². The third-order valence-corrected chi connectivity index (χ3v) is 9.55. The zero-order valence-corrected chi connectivity index (χ0v) is 23.7. The van der Waals surface area contributed by atoms with Gasteiger partial charge in [0.05, 0.1) is 0 Å². The van der Waals surface area contributed by atoms with E-state index in [-0.39, 0.29) is 34.7 Å². The average molecular weight is 452 g/mol. The molecule has 0 saturated heterocycles. The van der Waals surface area contributed by atoms with Crippen LogP contribution in [0.4, 0.5) is 0 Å². The quantitative estimate of drug-likeness (QED) is 0.299. The average Bonchev–Trinajstić information content (AvgIpc) is 2.92. The van der Waals surface area contributed by atoms with E-state index in [1.807, 2.05) is 0 Å². The Kier molecular flexibility index (Phi) is 10.5. The first-order chi connectivity index (χ1) is 11.7. The summed E-state index contributed by atoms with van der Waals surface area (Å²) >= 11 is 0. The fourth-order valence-electron chi connectivity index (χ4n) is 5.55. The first-order valence-electron chi connectivity index (χ1n) is 10.5. The van der Waals surface area contributed by atoms with Crippen molar-refractivity contribution < 1.29 is 21.7 Å². The summed E-state index contributed by atoms with van der Waals surface area (Å²) in [5, 5.41) is 0. The molecule has 0 N–H and O–H groups in total. The first-order valence-corrected chi connectivity index (χ1v) is 17.0. The van der Waals surface area contributed by atoms with Crippen LogP contribution in [0.1, 0.15) is 53.4 Å². The predicted octanol–water partition coefficient (Wildman–Crippen LogP) is 7.95. The van der Waals surface area contributed by atoms with E-state index in [9.17, 15) is 0 Å². The third-order valence-electron chi connectivity index (χ3n) is 5.72. The van der Waals surface area contributed by atoms with Crippen LogP contribution in [0.3, 0.4) is 0 Å². The van der Waals surface area contributed by atoms with Crippen molar-refractivity contribution in [3.05, 3.63) is 48.8 Å². The van der Waals surface area contributed by atoms with E-state index < -0.39 is 16.3 Å². The number of allylic oxidation sites excluding steroid dienone is 4. The minimum Gasteiger partial charge on any atom is -0.660 e. The molecule has 158 valence electrons. The monoisotopic (exact) mass is 451 g/mol. The zero-order chi connectivity index (χ0) is 19.9. The Morgan fingerprint density at radius 3 is 1.93 bits per heavy atom. The molecule has 0 radical (unpaired) electrons. The summed E-state index contributed by atoms with van der Waals surface area (Å²) < 4.78 is 0. The van der Waals surface area contributed by atoms with Gasteiger partial charge in [0.15, 0.2) is 0 Å². The van der Waals surface area contributed by atoms with Crippen LogP contribution in [0.5, 0.6) is 0 Å². The molecule has 4 unspecified atom stereocenters. The molecule has 0 heterocycles. The topological polar surface area (TPSA) is 14.1 Å².